The summed E-state index contributed by atoms with van der Waals surface area (Å²) in [7, 11) is -3.68. The smallest absolute Gasteiger partial charge is 0.240 e. The van der Waals surface area contributed by atoms with Crippen LogP contribution in [0.2, 0.25) is 0 Å². The monoisotopic (exact) mass is 420 g/mol. The van der Waals surface area contributed by atoms with Crippen molar-refractivity contribution < 1.29 is 13.2 Å². The predicted octanol–water partition coefficient (Wildman–Crippen LogP) is 2.46. The van der Waals surface area contributed by atoms with E-state index in [1.54, 1.807) is 41.7 Å². The summed E-state index contributed by atoms with van der Waals surface area (Å²) in [6, 6.07) is 10.8. The molecule has 0 aliphatic carbocycles. The van der Waals surface area contributed by atoms with E-state index in [4.69, 9.17) is 0 Å². The molecule has 0 saturated heterocycles. The number of aryl methyl sites for hydroxylation is 1. The molecule has 30 heavy (non-hydrogen) atoms. The molecule has 5 rings (SSSR count). The minimum absolute atomic E-state index is 0.122. The highest BCUT2D eigenvalue weighted by Crippen LogP contribution is 2.38. The van der Waals surface area contributed by atoms with Gasteiger partial charge in [-0.25, -0.2) is 13.1 Å². The normalized spacial score (nSPS) is 15.3. The Morgan fingerprint density at radius 1 is 1.03 bits per heavy atom. The average Bonchev–Trinajstić information content (AvgIpc) is 3.21. The number of hydrogen-bond donors (Lipinski definition) is 1. The van der Waals surface area contributed by atoms with Crippen LogP contribution in [0.15, 0.2) is 59.9 Å². The summed E-state index contributed by atoms with van der Waals surface area (Å²) < 4.78 is 28.6. The van der Waals surface area contributed by atoms with Crippen LogP contribution in [0.1, 0.15) is 23.1 Å². The van der Waals surface area contributed by atoms with Crippen LogP contribution >= 0.6 is 0 Å². The van der Waals surface area contributed by atoms with Crippen LogP contribution in [-0.2, 0) is 34.2 Å². The molecule has 2 aliphatic heterocycles. The number of nitrogens with zero attached hydrogens (tertiary/aromatic N) is 3. The summed E-state index contributed by atoms with van der Waals surface area (Å²) in [6.07, 6.45) is 6.78. The number of anilines is 1. The van der Waals surface area contributed by atoms with Crippen molar-refractivity contribution in [3.8, 4) is 11.3 Å². The highest BCUT2D eigenvalue weighted by molar-refractivity contribution is 7.89. The first kappa shape index (κ1) is 18.9. The van der Waals surface area contributed by atoms with Gasteiger partial charge in [-0.1, -0.05) is 0 Å². The molecule has 2 aromatic heterocycles. The molecule has 7 nitrogen and oxygen atoms in total. The van der Waals surface area contributed by atoms with Crippen LogP contribution < -0.4 is 9.62 Å². The van der Waals surface area contributed by atoms with Gasteiger partial charge in [0.1, 0.15) is 0 Å². The van der Waals surface area contributed by atoms with Crippen molar-refractivity contribution in [3.05, 3.63) is 71.7 Å². The lowest BCUT2D eigenvalue weighted by atomic mass is 10.00. The Balaban J connectivity index is 1.38. The summed E-state index contributed by atoms with van der Waals surface area (Å²) in [4.78, 5) is 22.6. The third kappa shape index (κ3) is 3.38. The van der Waals surface area contributed by atoms with Crippen molar-refractivity contribution in [2.75, 3.05) is 11.4 Å². The molecule has 0 unspecified atom stereocenters. The predicted molar refractivity (Wildman–Crippen MR) is 112 cm³/mol. The molecule has 4 heterocycles. The quantitative estimate of drug-likeness (QED) is 0.685. The summed E-state index contributed by atoms with van der Waals surface area (Å²) >= 11 is 0. The molecule has 0 fully saturated rings. The van der Waals surface area contributed by atoms with E-state index >= 15 is 0 Å². The van der Waals surface area contributed by atoms with Gasteiger partial charge in [0.25, 0.3) is 0 Å². The van der Waals surface area contributed by atoms with Crippen LogP contribution in [0.4, 0.5) is 5.69 Å². The van der Waals surface area contributed by atoms with E-state index in [0.29, 0.717) is 25.8 Å². The van der Waals surface area contributed by atoms with Gasteiger partial charge in [0, 0.05) is 43.7 Å². The first-order valence-electron chi connectivity index (χ1n) is 9.82. The molecule has 1 amide bonds. The number of aromatic nitrogens is 2. The number of amides is 1. The molecule has 1 N–H and O–H groups in total. The zero-order valence-electron chi connectivity index (χ0n) is 16.2. The molecule has 3 aromatic rings. The van der Waals surface area contributed by atoms with Crippen molar-refractivity contribution in [1.29, 1.82) is 0 Å². The molecule has 152 valence electrons. The minimum atomic E-state index is -3.68. The van der Waals surface area contributed by atoms with E-state index in [1.165, 1.54) is 0 Å². The van der Waals surface area contributed by atoms with Crippen molar-refractivity contribution in [3.63, 3.8) is 0 Å². The molecule has 8 heteroatoms. The molecule has 0 saturated carbocycles. The summed E-state index contributed by atoms with van der Waals surface area (Å²) in [5, 5.41) is 0. The maximum absolute atomic E-state index is 13.0. The lowest BCUT2D eigenvalue weighted by molar-refractivity contribution is -0.118. The molecular weight excluding hydrogens is 400 g/mol. The Kier molecular flexibility index (Phi) is 4.60. The van der Waals surface area contributed by atoms with E-state index in [1.807, 2.05) is 18.2 Å². The second-order valence-corrected chi connectivity index (χ2v) is 9.27. The molecule has 2 aliphatic rings. The second-order valence-electron chi connectivity index (χ2n) is 7.50. The lowest BCUT2D eigenvalue weighted by Crippen LogP contribution is -2.33. The van der Waals surface area contributed by atoms with Crippen molar-refractivity contribution >= 4 is 21.6 Å². The fourth-order valence-corrected chi connectivity index (χ4v) is 5.22. The Hall–Kier alpha value is -3.10. The number of nitrogens with one attached hydrogen (secondary N) is 1. The van der Waals surface area contributed by atoms with E-state index in [-0.39, 0.29) is 17.3 Å². The molecular formula is C22H20N4O3S. The average molecular weight is 420 g/mol. The van der Waals surface area contributed by atoms with Crippen molar-refractivity contribution in [2.24, 2.45) is 0 Å². The number of carbonyl (C=O) groups excluding carboxylic acids is 1. The highest BCUT2D eigenvalue weighted by atomic mass is 32.2. The highest BCUT2D eigenvalue weighted by Gasteiger charge is 2.32. The topological polar surface area (TPSA) is 92.3 Å². The number of hydrogen-bond acceptors (Lipinski definition) is 5. The lowest BCUT2D eigenvalue weighted by Gasteiger charge is -2.25. The van der Waals surface area contributed by atoms with Crippen molar-refractivity contribution in [1.82, 2.24) is 14.7 Å². The number of benzene rings is 1. The largest absolute Gasteiger partial charge is 0.312 e. The molecule has 0 atom stereocenters. The van der Waals surface area contributed by atoms with Crippen LogP contribution in [0.3, 0.4) is 0 Å². The Bertz CT molecular complexity index is 1240. The molecule has 0 spiro atoms. The van der Waals surface area contributed by atoms with E-state index in [0.717, 1.165) is 33.6 Å². The van der Waals surface area contributed by atoms with Gasteiger partial charge in [0.2, 0.25) is 15.9 Å². The van der Waals surface area contributed by atoms with Crippen LogP contribution in [0.5, 0.6) is 0 Å². The SMILES string of the molecule is O=C1CCc2cc(S(=O)(=O)NCc3ccnc(-c4cccnc4)c3)cc3c2N1CC3. The van der Waals surface area contributed by atoms with Gasteiger partial charge in [-0.3, -0.25) is 14.8 Å². The van der Waals surface area contributed by atoms with Gasteiger partial charge >= 0.3 is 0 Å². The second kappa shape index (κ2) is 7.30. The third-order valence-electron chi connectivity index (χ3n) is 5.58. The van der Waals surface area contributed by atoms with Gasteiger partial charge in [-0.2, -0.15) is 0 Å². The zero-order valence-corrected chi connectivity index (χ0v) is 17.0. The van der Waals surface area contributed by atoms with Gasteiger partial charge in [0.05, 0.1) is 16.3 Å². The van der Waals surface area contributed by atoms with Gasteiger partial charge < -0.3 is 4.90 Å². The summed E-state index contributed by atoms with van der Waals surface area (Å²) in [5.41, 5.74) is 5.22. The van der Waals surface area contributed by atoms with Gasteiger partial charge in [-0.15, -0.1) is 0 Å². The first-order valence-corrected chi connectivity index (χ1v) is 11.3. The Morgan fingerprint density at radius 3 is 2.67 bits per heavy atom. The summed E-state index contributed by atoms with van der Waals surface area (Å²) in [6.45, 7) is 0.793. The molecule has 0 bridgehead atoms. The van der Waals surface area contributed by atoms with Crippen molar-refractivity contribution in [2.45, 2.75) is 30.7 Å². The number of carbonyl (C=O) groups is 1. The van der Waals surface area contributed by atoms with Crippen LogP contribution in [-0.4, -0.2) is 30.8 Å². The summed E-state index contributed by atoms with van der Waals surface area (Å²) in [5.74, 6) is 0.122. The number of rotatable bonds is 5. The standard InChI is InChI=1S/C22H20N4O3S/c27-21-4-3-16-11-19(12-17-6-9-26(21)22(16)17)30(28,29)25-13-15-5-8-24-20(10-15)18-2-1-7-23-14-18/h1-2,5,7-8,10-12,14,25H,3-4,6,9,13H2. The van der Waals surface area contributed by atoms with Gasteiger partial charge in [0.15, 0.2) is 0 Å². The van der Waals surface area contributed by atoms with E-state index in [9.17, 15) is 13.2 Å². The maximum Gasteiger partial charge on any atom is 0.240 e. The fraction of sp³-hybridized carbons (Fsp3) is 0.227. The minimum Gasteiger partial charge on any atom is -0.312 e. The van der Waals surface area contributed by atoms with Gasteiger partial charge in [-0.05, 0) is 65.9 Å². The molecule has 0 radical (unpaired) electrons. The Labute approximate surface area is 174 Å². The van der Waals surface area contributed by atoms with Crippen LogP contribution in [0, 0.1) is 0 Å². The third-order valence-corrected chi connectivity index (χ3v) is 6.96. The number of sulfonamides is 1. The van der Waals surface area contributed by atoms with E-state index in [2.05, 4.69) is 14.7 Å². The first-order chi connectivity index (χ1) is 14.5. The van der Waals surface area contributed by atoms with E-state index < -0.39 is 10.0 Å². The zero-order chi connectivity index (χ0) is 20.7. The fourth-order valence-electron chi connectivity index (χ4n) is 4.10. The number of pyridine rings is 2. The molecule has 1 aromatic carbocycles. The Morgan fingerprint density at radius 2 is 1.87 bits per heavy atom. The van der Waals surface area contributed by atoms with Crippen LogP contribution in [0.25, 0.3) is 11.3 Å². The maximum atomic E-state index is 13.0.